The Labute approximate surface area is 109 Å². The predicted molar refractivity (Wildman–Crippen MR) is 68.9 cm³/mol. The molecule has 1 fully saturated rings. The summed E-state index contributed by atoms with van der Waals surface area (Å²) in [6, 6.07) is 5.39. The van der Waals surface area contributed by atoms with Gasteiger partial charge in [-0.05, 0) is 37.5 Å². The van der Waals surface area contributed by atoms with Crippen LogP contribution in [0, 0.1) is 0 Å². The highest BCUT2D eigenvalue weighted by Crippen LogP contribution is 2.23. The van der Waals surface area contributed by atoms with Crippen molar-refractivity contribution in [2.45, 2.75) is 19.3 Å². The number of rotatable bonds is 1. The maximum absolute atomic E-state index is 12.2. The number of halogens is 2. The molecule has 1 aromatic rings. The lowest BCUT2D eigenvalue weighted by molar-refractivity contribution is 0.0724. The van der Waals surface area contributed by atoms with E-state index in [1.807, 2.05) is 11.0 Å². The van der Waals surface area contributed by atoms with Gasteiger partial charge in [-0.2, -0.15) is 0 Å². The van der Waals surface area contributed by atoms with Gasteiger partial charge in [-0.15, -0.1) is 0 Å². The summed E-state index contributed by atoms with van der Waals surface area (Å²) in [5.74, 6) is 0.0530. The quantitative estimate of drug-likeness (QED) is 0.774. The molecule has 0 spiro atoms. The first-order valence-corrected chi connectivity index (χ1v) is 6.60. The molecule has 16 heavy (non-hydrogen) atoms. The predicted octanol–water partition coefficient (Wildman–Crippen LogP) is 3.73. The second kappa shape index (κ2) is 5.19. The summed E-state index contributed by atoms with van der Waals surface area (Å²) in [6.45, 7) is 1.70. The summed E-state index contributed by atoms with van der Waals surface area (Å²) in [4.78, 5) is 14.0. The van der Waals surface area contributed by atoms with Crippen molar-refractivity contribution in [2.24, 2.45) is 0 Å². The van der Waals surface area contributed by atoms with Crippen LogP contribution in [0.4, 0.5) is 0 Å². The number of piperidine rings is 1. The van der Waals surface area contributed by atoms with Gasteiger partial charge in [0.2, 0.25) is 0 Å². The smallest absolute Gasteiger partial charge is 0.255 e. The Hall–Kier alpha value is -0.540. The number of amides is 1. The fourth-order valence-corrected chi connectivity index (χ4v) is 2.68. The molecular weight excluding hydrogens is 289 g/mol. The molecule has 1 aliphatic heterocycles. The molecule has 0 atom stereocenters. The van der Waals surface area contributed by atoms with Crippen LogP contribution in [0.2, 0.25) is 5.02 Å². The van der Waals surface area contributed by atoms with Gasteiger partial charge < -0.3 is 4.90 Å². The van der Waals surface area contributed by atoms with Crippen LogP contribution in [0.5, 0.6) is 0 Å². The van der Waals surface area contributed by atoms with Gasteiger partial charge in [0.05, 0.1) is 10.6 Å². The Bertz CT molecular complexity index is 402. The molecule has 0 saturated carbocycles. The molecule has 1 aromatic carbocycles. The molecule has 1 saturated heterocycles. The Morgan fingerprint density at radius 1 is 1.25 bits per heavy atom. The van der Waals surface area contributed by atoms with Crippen molar-refractivity contribution in [3.8, 4) is 0 Å². The molecule has 86 valence electrons. The van der Waals surface area contributed by atoms with Gasteiger partial charge in [-0.3, -0.25) is 4.79 Å². The van der Waals surface area contributed by atoms with E-state index in [9.17, 15) is 4.79 Å². The zero-order valence-electron chi connectivity index (χ0n) is 8.88. The summed E-state index contributed by atoms with van der Waals surface area (Å²) >= 11 is 9.40. The minimum atomic E-state index is 0.0530. The van der Waals surface area contributed by atoms with Crippen molar-refractivity contribution in [1.82, 2.24) is 4.90 Å². The zero-order chi connectivity index (χ0) is 11.5. The first-order valence-electron chi connectivity index (χ1n) is 5.43. The number of benzene rings is 1. The number of hydrogen-bond acceptors (Lipinski definition) is 1. The van der Waals surface area contributed by atoms with Crippen LogP contribution in [0.3, 0.4) is 0 Å². The lowest BCUT2D eigenvalue weighted by Crippen LogP contribution is -2.35. The van der Waals surface area contributed by atoms with Gasteiger partial charge in [0, 0.05) is 17.6 Å². The summed E-state index contributed by atoms with van der Waals surface area (Å²) in [5.41, 5.74) is 0.603. The van der Waals surface area contributed by atoms with Crippen molar-refractivity contribution in [2.75, 3.05) is 13.1 Å². The van der Waals surface area contributed by atoms with E-state index >= 15 is 0 Å². The molecule has 2 rings (SSSR count). The largest absolute Gasteiger partial charge is 0.339 e. The molecule has 0 bridgehead atoms. The molecule has 1 aliphatic rings. The lowest BCUT2D eigenvalue weighted by atomic mass is 10.1. The number of carbonyl (C=O) groups is 1. The number of likely N-dealkylation sites (tertiary alicyclic amines) is 1. The molecule has 2 nitrogen and oxygen atoms in total. The molecule has 1 heterocycles. The zero-order valence-corrected chi connectivity index (χ0v) is 11.2. The highest BCUT2D eigenvalue weighted by atomic mass is 79.9. The van der Waals surface area contributed by atoms with Crippen LogP contribution in [-0.2, 0) is 0 Å². The molecule has 0 aliphatic carbocycles. The normalized spacial score (nSPS) is 16.2. The Morgan fingerprint density at radius 2 is 1.94 bits per heavy atom. The van der Waals surface area contributed by atoms with E-state index in [1.54, 1.807) is 12.1 Å². The molecule has 0 radical (unpaired) electrons. The summed E-state index contributed by atoms with van der Waals surface area (Å²) in [6.07, 6.45) is 3.41. The molecule has 0 aromatic heterocycles. The average molecular weight is 303 g/mol. The molecule has 4 heteroatoms. The summed E-state index contributed by atoms with van der Waals surface area (Å²) in [5, 5.41) is 0.518. The van der Waals surface area contributed by atoms with Crippen LogP contribution in [0.1, 0.15) is 29.6 Å². The van der Waals surface area contributed by atoms with Crippen molar-refractivity contribution < 1.29 is 4.79 Å². The second-order valence-corrected chi connectivity index (χ2v) is 5.30. The number of carbonyl (C=O) groups excluding carboxylic acids is 1. The van der Waals surface area contributed by atoms with E-state index in [-0.39, 0.29) is 5.91 Å². The summed E-state index contributed by atoms with van der Waals surface area (Å²) in [7, 11) is 0. The SMILES string of the molecule is O=C(c1ccc(Br)cc1Cl)N1CCCCC1. The van der Waals surface area contributed by atoms with E-state index in [4.69, 9.17) is 11.6 Å². The van der Waals surface area contributed by atoms with E-state index < -0.39 is 0 Å². The lowest BCUT2D eigenvalue weighted by Gasteiger charge is -2.27. The molecule has 1 amide bonds. The minimum absolute atomic E-state index is 0.0530. The van der Waals surface area contributed by atoms with E-state index in [1.165, 1.54) is 6.42 Å². The van der Waals surface area contributed by atoms with Crippen molar-refractivity contribution in [3.63, 3.8) is 0 Å². The van der Waals surface area contributed by atoms with Gasteiger partial charge in [0.1, 0.15) is 0 Å². The monoisotopic (exact) mass is 301 g/mol. The topological polar surface area (TPSA) is 20.3 Å². The Balaban J connectivity index is 2.19. The average Bonchev–Trinajstić information content (AvgIpc) is 2.29. The minimum Gasteiger partial charge on any atom is -0.339 e. The maximum atomic E-state index is 12.2. The second-order valence-electron chi connectivity index (χ2n) is 3.98. The van der Waals surface area contributed by atoms with E-state index in [0.717, 1.165) is 30.4 Å². The van der Waals surface area contributed by atoms with Gasteiger partial charge in [0.15, 0.2) is 0 Å². The Morgan fingerprint density at radius 3 is 2.56 bits per heavy atom. The van der Waals surface area contributed by atoms with Crippen molar-refractivity contribution >= 4 is 33.4 Å². The van der Waals surface area contributed by atoms with Crippen molar-refractivity contribution in [1.29, 1.82) is 0 Å². The third-order valence-electron chi connectivity index (χ3n) is 2.80. The van der Waals surface area contributed by atoms with E-state index in [0.29, 0.717) is 10.6 Å². The van der Waals surface area contributed by atoms with Gasteiger partial charge in [-0.25, -0.2) is 0 Å². The van der Waals surface area contributed by atoms with Gasteiger partial charge >= 0.3 is 0 Å². The Kier molecular flexibility index (Phi) is 3.87. The number of nitrogens with zero attached hydrogens (tertiary/aromatic N) is 1. The summed E-state index contributed by atoms with van der Waals surface area (Å²) < 4.78 is 0.896. The van der Waals surface area contributed by atoms with Crippen LogP contribution in [0.25, 0.3) is 0 Å². The number of hydrogen-bond donors (Lipinski definition) is 0. The van der Waals surface area contributed by atoms with Gasteiger partial charge in [0.25, 0.3) is 5.91 Å². The van der Waals surface area contributed by atoms with Crippen LogP contribution >= 0.6 is 27.5 Å². The third-order valence-corrected chi connectivity index (χ3v) is 3.61. The first kappa shape index (κ1) is 11.9. The molecular formula is C12H13BrClNO. The van der Waals surface area contributed by atoms with Crippen LogP contribution in [-0.4, -0.2) is 23.9 Å². The van der Waals surface area contributed by atoms with Crippen molar-refractivity contribution in [3.05, 3.63) is 33.3 Å². The van der Waals surface area contributed by atoms with E-state index in [2.05, 4.69) is 15.9 Å². The fraction of sp³-hybridized carbons (Fsp3) is 0.417. The molecule has 0 N–H and O–H groups in total. The highest BCUT2D eigenvalue weighted by molar-refractivity contribution is 9.10. The van der Waals surface area contributed by atoms with Gasteiger partial charge in [-0.1, -0.05) is 27.5 Å². The molecule has 0 unspecified atom stereocenters. The standard InChI is InChI=1S/C12H13BrClNO/c13-9-4-5-10(11(14)8-9)12(16)15-6-2-1-3-7-15/h4-5,8H,1-3,6-7H2. The first-order chi connectivity index (χ1) is 7.68. The van der Waals surface area contributed by atoms with Crippen LogP contribution in [0.15, 0.2) is 22.7 Å². The third kappa shape index (κ3) is 2.58. The van der Waals surface area contributed by atoms with Crippen LogP contribution < -0.4 is 0 Å². The highest BCUT2D eigenvalue weighted by Gasteiger charge is 2.20. The fourth-order valence-electron chi connectivity index (χ4n) is 1.93. The maximum Gasteiger partial charge on any atom is 0.255 e.